The van der Waals surface area contributed by atoms with E-state index in [9.17, 15) is 9.18 Å². The van der Waals surface area contributed by atoms with Crippen molar-refractivity contribution in [3.63, 3.8) is 0 Å². The Morgan fingerprint density at radius 1 is 1.13 bits per heavy atom. The molecule has 6 heteroatoms. The van der Waals surface area contributed by atoms with Gasteiger partial charge in [-0.1, -0.05) is 25.1 Å². The fourth-order valence-corrected chi connectivity index (χ4v) is 4.87. The van der Waals surface area contributed by atoms with Crippen molar-refractivity contribution >= 4 is 22.9 Å². The van der Waals surface area contributed by atoms with Gasteiger partial charge in [0.05, 0.1) is 18.9 Å². The average molecular weight is 426 g/mol. The number of nitrogens with one attached hydrogen (secondary N) is 1. The number of ether oxygens (including phenoxy) is 2. The third-order valence-electron chi connectivity index (χ3n) is 5.06. The summed E-state index contributed by atoms with van der Waals surface area (Å²) in [6.45, 7) is 5.15. The Kier molecular flexibility index (Phi) is 6.04. The predicted octanol–water partition coefficient (Wildman–Crippen LogP) is 6.22. The molecule has 156 valence electrons. The van der Waals surface area contributed by atoms with Gasteiger partial charge in [-0.15, -0.1) is 11.3 Å². The second-order valence-electron chi connectivity index (χ2n) is 7.19. The van der Waals surface area contributed by atoms with Gasteiger partial charge in [-0.3, -0.25) is 4.79 Å². The molecular formula is C24H24FNO3S. The lowest BCUT2D eigenvalue weighted by molar-refractivity contribution is -0.116. The Bertz CT molecular complexity index is 1060. The van der Waals surface area contributed by atoms with Crippen LogP contribution in [0, 0.1) is 5.82 Å². The van der Waals surface area contributed by atoms with Gasteiger partial charge in [0.1, 0.15) is 5.82 Å². The Morgan fingerprint density at radius 3 is 2.77 bits per heavy atom. The van der Waals surface area contributed by atoms with Crippen molar-refractivity contribution < 1.29 is 18.7 Å². The molecule has 1 amide bonds. The van der Waals surface area contributed by atoms with Gasteiger partial charge in [0.2, 0.25) is 5.91 Å². The van der Waals surface area contributed by atoms with Gasteiger partial charge in [-0.25, -0.2) is 4.39 Å². The second kappa shape index (κ2) is 8.88. The maximum Gasteiger partial charge on any atom is 0.225 e. The van der Waals surface area contributed by atoms with Crippen molar-refractivity contribution in [3.8, 4) is 22.6 Å². The first kappa shape index (κ1) is 20.4. The molecule has 0 spiro atoms. The number of thiophene rings is 1. The summed E-state index contributed by atoms with van der Waals surface area (Å²) >= 11 is 1.59. The molecule has 0 radical (unpaired) electrons. The number of benzene rings is 2. The SMILES string of the molecule is CCCOc1ccc([C@H]2CC(=O)Nc3c(-c4cccc(F)c4)csc32)cc1OCC. The molecule has 0 saturated carbocycles. The van der Waals surface area contributed by atoms with Gasteiger partial charge >= 0.3 is 0 Å². The fourth-order valence-electron chi connectivity index (χ4n) is 3.71. The van der Waals surface area contributed by atoms with E-state index >= 15 is 0 Å². The van der Waals surface area contributed by atoms with E-state index in [1.807, 2.05) is 36.6 Å². The highest BCUT2D eigenvalue weighted by Gasteiger charge is 2.31. The van der Waals surface area contributed by atoms with Gasteiger partial charge in [0.15, 0.2) is 11.5 Å². The molecular weight excluding hydrogens is 401 g/mol. The highest BCUT2D eigenvalue weighted by Crippen LogP contribution is 2.47. The van der Waals surface area contributed by atoms with Gasteiger partial charge in [-0.05, 0) is 48.7 Å². The summed E-state index contributed by atoms with van der Waals surface area (Å²) in [6.07, 6.45) is 1.27. The van der Waals surface area contributed by atoms with Crippen molar-refractivity contribution in [2.24, 2.45) is 0 Å². The van der Waals surface area contributed by atoms with E-state index < -0.39 is 0 Å². The minimum atomic E-state index is -0.296. The summed E-state index contributed by atoms with van der Waals surface area (Å²) in [5, 5.41) is 4.98. The van der Waals surface area contributed by atoms with Crippen molar-refractivity contribution in [3.05, 3.63) is 64.1 Å². The van der Waals surface area contributed by atoms with E-state index in [1.165, 1.54) is 12.1 Å². The van der Waals surface area contributed by atoms with Gasteiger partial charge < -0.3 is 14.8 Å². The van der Waals surface area contributed by atoms with Crippen LogP contribution in [0.4, 0.5) is 10.1 Å². The van der Waals surface area contributed by atoms with Crippen LogP contribution in [-0.4, -0.2) is 19.1 Å². The van der Waals surface area contributed by atoms with E-state index in [4.69, 9.17) is 9.47 Å². The predicted molar refractivity (Wildman–Crippen MR) is 118 cm³/mol. The van der Waals surface area contributed by atoms with E-state index in [0.29, 0.717) is 25.4 Å². The van der Waals surface area contributed by atoms with Crippen LogP contribution < -0.4 is 14.8 Å². The first-order valence-electron chi connectivity index (χ1n) is 10.2. The van der Waals surface area contributed by atoms with Crippen molar-refractivity contribution in [1.82, 2.24) is 0 Å². The van der Waals surface area contributed by atoms with Gasteiger partial charge in [0.25, 0.3) is 0 Å². The molecule has 1 aliphatic heterocycles. The number of carbonyl (C=O) groups is 1. The number of rotatable bonds is 7. The second-order valence-corrected chi connectivity index (χ2v) is 8.10. The molecule has 1 aliphatic rings. The topological polar surface area (TPSA) is 47.6 Å². The Hall–Kier alpha value is -2.86. The first-order chi connectivity index (χ1) is 14.6. The van der Waals surface area contributed by atoms with E-state index in [2.05, 4.69) is 12.2 Å². The van der Waals surface area contributed by atoms with Crippen LogP contribution in [0.5, 0.6) is 11.5 Å². The van der Waals surface area contributed by atoms with Crippen LogP contribution in [0.2, 0.25) is 0 Å². The zero-order chi connectivity index (χ0) is 21.1. The molecule has 1 aromatic heterocycles. The van der Waals surface area contributed by atoms with Gasteiger partial charge in [-0.2, -0.15) is 0 Å². The van der Waals surface area contributed by atoms with E-state index in [1.54, 1.807) is 17.4 Å². The van der Waals surface area contributed by atoms with Crippen LogP contribution in [0.15, 0.2) is 47.8 Å². The molecule has 4 nitrogen and oxygen atoms in total. The van der Waals surface area contributed by atoms with Crippen LogP contribution in [0.3, 0.4) is 0 Å². The number of hydrogen-bond donors (Lipinski definition) is 1. The van der Waals surface area contributed by atoms with E-state index in [-0.39, 0.29) is 17.6 Å². The minimum Gasteiger partial charge on any atom is -0.490 e. The van der Waals surface area contributed by atoms with Crippen molar-refractivity contribution in [2.45, 2.75) is 32.6 Å². The summed E-state index contributed by atoms with van der Waals surface area (Å²) in [6, 6.07) is 12.3. The molecule has 0 fully saturated rings. The van der Waals surface area contributed by atoms with Gasteiger partial charge in [0, 0.05) is 28.2 Å². The lowest BCUT2D eigenvalue weighted by Gasteiger charge is -2.25. The highest BCUT2D eigenvalue weighted by atomic mass is 32.1. The number of hydrogen-bond acceptors (Lipinski definition) is 4. The lowest BCUT2D eigenvalue weighted by atomic mass is 9.89. The molecule has 0 bridgehead atoms. The van der Waals surface area contributed by atoms with Crippen molar-refractivity contribution in [2.75, 3.05) is 18.5 Å². The maximum absolute atomic E-state index is 13.7. The molecule has 0 saturated heterocycles. The average Bonchev–Trinajstić information content (AvgIpc) is 3.16. The fraction of sp³-hybridized carbons (Fsp3) is 0.292. The molecule has 0 unspecified atom stereocenters. The molecule has 2 heterocycles. The summed E-state index contributed by atoms with van der Waals surface area (Å²) < 4.78 is 25.4. The highest BCUT2D eigenvalue weighted by molar-refractivity contribution is 7.11. The monoisotopic (exact) mass is 425 g/mol. The summed E-state index contributed by atoms with van der Waals surface area (Å²) in [7, 11) is 0. The summed E-state index contributed by atoms with van der Waals surface area (Å²) in [5.74, 6) is 0.982. The quantitative estimate of drug-likeness (QED) is 0.489. The number of fused-ring (bicyclic) bond motifs is 1. The molecule has 1 atom stereocenters. The van der Waals surface area contributed by atoms with Crippen LogP contribution in [0.1, 0.15) is 43.0 Å². The Balaban J connectivity index is 1.73. The normalized spacial score (nSPS) is 15.4. The molecule has 1 N–H and O–H groups in total. The minimum absolute atomic E-state index is 0.0483. The zero-order valence-electron chi connectivity index (χ0n) is 17.0. The summed E-state index contributed by atoms with van der Waals surface area (Å²) in [4.78, 5) is 13.6. The Labute approximate surface area is 179 Å². The molecule has 4 rings (SSSR count). The Morgan fingerprint density at radius 2 is 2.00 bits per heavy atom. The molecule has 3 aromatic rings. The molecule has 2 aromatic carbocycles. The van der Waals surface area contributed by atoms with Crippen LogP contribution in [-0.2, 0) is 4.79 Å². The third kappa shape index (κ3) is 4.05. The van der Waals surface area contributed by atoms with Crippen LogP contribution >= 0.6 is 11.3 Å². The molecule has 30 heavy (non-hydrogen) atoms. The lowest BCUT2D eigenvalue weighted by Crippen LogP contribution is -2.22. The standard InChI is InChI=1S/C24H24FNO3S/c1-3-10-29-20-9-8-16(12-21(20)28-4-2)18-13-22(27)26-23-19(14-30-24(18)23)15-6-5-7-17(25)11-15/h5-9,11-12,14,18H,3-4,10,13H2,1-2H3,(H,26,27)/t18-/m1/s1. The van der Waals surface area contributed by atoms with Crippen molar-refractivity contribution in [1.29, 1.82) is 0 Å². The smallest absolute Gasteiger partial charge is 0.225 e. The number of halogens is 1. The number of anilines is 1. The number of amides is 1. The largest absolute Gasteiger partial charge is 0.490 e. The zero-order valence-corrected chi connectivity index (χ0v) is 17.9. The van der Waals surface area contributed by atoms with E-state index in [0.717, 1.165) is 39.4 Å². The maximum atomic E-state index is 13.7. The van der Waals surface area contributed by atoms with Crippen LogP contribution in [0.25, 0.3) is 11.1 Å². The first-order valence-corrected chi connectivity index (χ1v) is 11.0. The molecule has 0 aliphatic carbocycles. The number of carbonyl (C=O) groups excluding carboxylic acids is 1. The summed E-state index contributed by atoms with van der Waals surface area (Å²) in [5.41, 5.74) is 3.38. The third-order valence-corrected chi connectivity index (χ3v) is 6.15.